The number of ether oxygens (including phenoxy) is 4. The maximum absolute atomic E-state index is 14.3. The van der Waals surface area contributed by atoms with Crippen LogP contribution in [0.4, 0.5) is 9.59 Å². The third kappa shape index (κ3) is 7.93. The Bertz CT molecular complexity index is 2560. The molecule has 6 heterocycles. The van der Waals surface area contributed by atoms with Crippen LogP contribution in [0.3, 0.4) is 0 Å². The number of methoxy groups -OCH3 is 2. The number of benzene rings is 3. The van der Waals surface area contributed by atoms with Gasteiger partial charge in [0.15, 0.2) is 0 Å². The molecule has 0 bridgehead atoms. The SMILES string of the molecule is COC(=O)NC(C(=O)N1[C@@H](C)CC[C@H]1c1ncc(-c2ccc3c(c2)COc2cc4c(ccc5[nH]c([C@@H]6C[C@H](C)CN6C(=O)[C@@H](NC(=O)OC)C6CCOCC6)nc54)cc2-3)[nH]1)C(C)C. The number of imidazole rings is 2. The predicted molar refractivity (Wildman–Crippen MR) is 235 cm³/mol. The normalized spacial score (nSPS) is 22.1. The largest absolute Gasteiger partial charge is 0.488 e. The fourth-order valence-corrected chi connectivity index (χ4v) is 10.1. The molecule has 3 aromatic carbocycles. The van der Waals surface area contributed by atoms with E-state index in [9.17, 15) is 19.2 Å². The number of rotatable bonds is 9. The van der Waals surface area contributed by atoms with Crippen LogP contribution in [0, 0.1) is 17.8 Å². The lowest BCUT2D eigenvalue weighted by Gasteiger charge is -2.34. The first-order valence-corrected chi connectivity index (χ1v) is 22.1. The number of aromatic nitrogens is 4. The fraction of sp³-hybridized carbons (Fsp3) is 0.489. The van der Waals surface area contributed by atoms with E-state index in [2.05, 4.69) is 63.9 Å². The van der Waals surface area contributed by atoms with Gasteiger partial charge in [-0.1, -0.05) is 39.0 Å². The molecule has 5 aromatic rings. The average molecular weight is 861 g/mol. The maximum atomic E-state index is 14.3. The number of H-pyrrole nitrogens is 2. The highest BCUT2D eigenvalue weighted by Crippen LogP contribution is 2.44. The summed E-state index contributed by atoms with van der Waals surface area (Å²) >= 11 is 0. The van der Waals surface area contributed by atoms with Gasteiger partial charge in [-0.3, -0.25) is 9.59 Å². The predicted octanol–water partition coefficient (Wildman–Crippen LogP) is 7.16. The number of amides is 4. The van der Waals surface area contributed by atoms with Crippen molar-refractivity contribution in [3.8, 4) is 28.1 Å². The van der Waals surface area contributed by atoms with Crippen LogP contribution in [0.25, 0.3) is 44.2 Å². The van der Waals surface area contributed by atoms with Gasteiger partial charge < -0.3 is 49.3 Å². The second-order valence-corrected chi connectivity index (χ2v) is 18.0. The number of fused-ring (bicyclic) bond motifs is 6. The standard InChI is InChI=1S/C47H56N8O8/c1-24(2)39(52-46(58)60-5)45(57)55-26(4)7-12-36(55)42-48-21-35(50-42)29-8-10-31-30(18-29)23-63-38-20-32-28(19-33(31)38)9-11-34-41(32)51-43(49-34)37-17-25(3)22-54(37)44(56)40(53-47(59)61-6)27-13-15-62-16-14-27/h8-11,18-21,24-27,36-37,39-40H,7,12-17,22-23H2,1-6H3,(H,48,50)(H,49,51)(H,52,58)(H,53,59)/t25-,26-,36-,37-,39?,40-/m0/s1. The van der Waals surface area contributed by atoms with Gasteiger partial charge in [-0.05, 0) is 103 Å². The Balaban J connectivity index is 0.964. The zero-order chi connectivity index (χ0) is 44.1. The van der Waals surface area contributed by atoms with Crippen LogP contribution in [0.1, 0.15) is 89.1 Å². The van der Waals surface area contributed by atoms with Gasteiger partial charge in [0, 0.05) is 36.8 Å². The van der Waals surface area contributed by atoms with E-state index in [0.717, 1.165) is 80.6 Å². The molecular weight excluding hydrogens is 805 g/mol. The smallest absolute Gasteiger partial charge is 0.407 e. The maximum Gasteiger partial charge on any atom is 0.407 e. The summed E-state index contributed by atoms with van der Waals surface area (Å²) in [5.41, 5.74) is 6.58. The number of carbonyl (C=O) groups is 4. The van der Waals surface area contributed by atoms with Crippen molar-refractivity contribution in [3.05, 3.63) is 65.9 Å². The summed E-state index contributed by atoms with van der Waals surface area (Å²) in [7, 11) is 2.60. The van der Waals surface area contributed by atoms with Crippen molar-refractivity contribution in [2.24, 2.45) is 17.8 Å². The summed E-state index contributed by atoms with van der Waals surface area (Å²) in [5, 5.41) is 7.54. The molecule has 63 heavy (non-hydrogen) atoms. The van der Waals surface area contributed by atoms with E-state index in [1.165, 1.54) is 14.2 Å². The summed E-state index contributed by atoms with van der Waals surface area (Å²) < 4.78 is 21.8. The number of hydrogen-bond acceptors (Lipinski definition) is 10. The van der Waals surface area contributed by atoms with Gasteiger partial charge in [-0.15, -0.1) is 0 Å². The Hall–Kier alpha value is -6.16. The van der Waals surface area contributed by atoms with E-state index < -0.39 is 24.3 Å². The first-order chi connectivity index (χ1) is 30.4. The van der Waals surface area contributed by atoms with Crippen molar-refractivity contribution < 1.29 is 38.1 Å². The molecule has 3 fully saturated rings. The minimum Gasteiger partial charge on any atom is -0.488 e. The van der Waals surface area contributed by atoms with Crippen molar-refractivity contribution in [1.82, 2.24) is 40.4 Å². The number of nitrogens with one attached hydrogen (secondary N) is 4. The molecule has 1 unspecified atom stereocenters. The summed E-state index contributed by atoms with van der Waals surface area (Å²) in [5.74, 6) is 1.97. The summed E-state index contributed by atoms with van der Waals surface area (Å²) in [6.45, 7) is 10.0. The van der Waals surface area contributed by atoms with Gasteiger partial charge in [0.2, 0.25) is 11.8 Å². The van der Waals surface area contributed by atoms with E-state index in [4.69, 9.17) is 28.9 Å². The second-order valence-electron chi connectivity index (χ2n) is 18.0. The highest BCUT2D eigenvalue weighted by Gasteiger charge is 2.43. The third-order valence-corrected chi connectivity index (χ3v) is 13.5. The Labute approximate surface area is 365 Å². The average Bonchev–Trinajstić information content (AvgIpc) is 4.12. The minimum atomic E-state index is -0.720. The zero-order valence-electron chi connectivity index (χ0n) is 36.7. The first kappa shape index (κ1) is 42.2. The number of alkyl carbamates (subject to hydrolysis) is 2. The van der Waals surface area contributed by atoms with Gasteiger partial charge in [-0.25, -0.2) is 19.6 Å². The fourth-order valence-electron chi connectivity index (χ4n) is 10.1. The molecule has 4 aliphatic heterocycles. The number of carbonyl (C=O) groups excluding carboxylic acids is 4. The first-order valence-electron chi connectivity index (χ1n) is 22.1. The number of likely N-dealkylation sites (tertiary alicyclic amines) is 2. The quantitative estimate of drug-likeness (QED) is 0.118. The van der Waals surface area contributed by atoms with Crippen molar-refractivity contribution in [2.75, 3.05) is 34.0 Å². The molecule has 332 valence electrons. The van der Waals surface area contributed by atoms with E-state index in [0.29, 0.717) is 45.0 Å². The molecule has 3 saturated heterocycles. The molecule has 0 aliphatic carbocycles. The molecule has 4 amide bonds. The van der Waals surface area contributed by atoms with Gasteiger partial charge >= 0.3 is 12.2 Å². The molecule has 9 rings (SSSR count). The highest BCUT2D eigenvalue weighted by molar-refractivity contribution is 6.07. The third-order valence-electron chi connectivity index (χ3n) is 13.5. The van der Waals surface area contributed by atoms with Crippen molar-refractivity contribution in [3.63, 3.8) is 0 Å². The molecule has 4 N–H and O–H groups in total. The monoisotopic (exact) mass is 860 g/mol. The Morgan fingerprint density at radius 3 is 2.40 bits per heavy atom. The van der Waals surface area contributed by atoms with Crippen LogP contribution >= 0.6 is 0 Å². The molecule has 16 heteroatoms. The molecule has 4 aliphatic rings. The van der Waals surface area contributed by atoms with E-state index >= 15 is 0 Å². The lowest BCUT2D eigenvalue weighted by Crippen LogP contribution is -2.53. The van der Waals surface area contributed by atoms with Crippen LogP contribution in [0.15, 0.2) is 48.7 Å². The van der Waals surface area contributed by atoms with E-state index in [1.54, 1.807) is 0 Å². The summed E-state index contributed by atoms with van der Waals surface area (Å²) in [4.78, 5) is 73.5. The molecule has 0 spiro atoms. The van der Waals surface area contributed by atoms with Crippen LogP contribution in [0.2, 0.25) is 0 Å². The second kappa shape index (κ2) is 17.2. The van der Waals surface area contributed by atoms with E-state index in [1.807, 2.05) is 42.8 Å². The number of nitrogens with zero attached hydrogens (tertiary/aromatic N) is 4. The van der Waals surface area contributed by atoms with Crippen LogP contribution in [-0.4, -0.2) is 106 Å². The number of aromatic amines is 2. The lowest BCUT2D eigenvalue weighted by atomic mass is 9.90. The molecule has 16 nitrogen and oxygen atoms in total. The van der Waals surface area contributed by atoms with Crippen molar-refractivity contribution in [1.29, 1.82) is 0 Å². The Morgan fingerprint density at radius 2 is 1.63 bits per heavy atom. The number of hydrogen-bond donors (Lipinski definition) is 4. The zero-order valence-corrected chi connectivity index (χ0v) is 36.7. The van der Waals surface area contributed by atoms with Gasteiger partial charge in [0.05, 0.1) is 49.2 Å². The van der Waals surface area contributed by atoms with Crippen molar-refractivity contribution in [2.45, 2.75) is 96.6 Å². The van der Waals surface area contributed by atoms with Crippen LogP contribution < -0.4 is 15.4 Å². The highest BCUT2D eigenvalue weighted by atomic mass is 16.5. The molecule has 0 radical (unpaired) electrons. The van der Waals surface area contributed by atoms with Crippen molar-refractivity contribution >= 4 is 45.8 Å². The van der Waals surface area contributed by atoms with E-state index in [-0.39, 0.29) is 47.7 Å². The Morgan fingerprint density at radius 1 is 0.857 bits per heavy atom. The molecule has 0 saturated carbocycles. The van der Waals surface area contributed by atoms with Crippen LogP contribution in [0.5, 0.6) is 5.75 Å². The Kier molecular flexibility index (Phi) is 11.5. The minimum absolute atomic E-state index is 0.0179. The summed E-state index contributed by atoms with van der Waals surface area (Å²) in [6.07, 6.45) is 4.23. The lowest BCUT2D eigenvalue weighted by molar-refractivity contribution is -0.138. The molecule has 2 aromatic heterocycles. The topological polar surface area (TPSA) is 193 Å². The van der Waals surface area contributed by atoms with Crippen LogP contribution in [-0.2, 0) is 30.4 Å². The summed E-state index contributed by atoms with van der Waals surface area (Å²) in [6, 6.07) is 12.7. The molecule has 6 atom stereocenters. The van der Waals surface area contributed by atoms with Gasteiger partial charge in [-0.2, -0.15) is 0 Å². The van der Waals surface area contributed by atoms with Gasteiger partial charge in [0.1, 0.15) is 36.1 Å². The van der Waals surface area contributed by atoms with Gasteiger partial charge in [0.25, 0.3) is 0 Å². The molecular formula is C47H56N8O8.